The van der Waals surface area contributed by atoms with Gasteiger partial charge in [0.15, 0.2) is 11.5 Å². The maximum absolute atomic E-state index is 12.0. The average molecular weight is 267 g/mol. The van der Waals surface area contributed by atoms with Gasteiger partial charge in [-0.1, -0.05) is 0 Å². The van der Waals surface area contributed by atoms with Gasteiger partial charge in [-0.3, -0.25) is 4.79 Å². The summed E-state index contributed by atoms with van der Waals surface area (Å²) in [5.74, 6) is -1.93. The predicted octanol–water partition coefficient (Wildman–Crippen LogP) is 2.54. The molecule has 0 aliphatic carbocycles. The minimum Gasteiger partial charge on any atom is -0.476 e. The monoisotopic (exact) mass is 267 g/mol. The lowest BCUT2D eigenvalue weighted by atomic mass is 10.3. The summed E-state index contributed by atoms with van der Waals surface area (Å²) in [5.41, 5.74) is -0.473. The van der Waals surface area contributed by atoms with E-state index in [1.807, 2.05) is 0 Å². The molecule has 0 fully saturated rings. The van der Waals surface area contributed by atoms with Crippen molar-refractivity contribution >= 4 is 23.1 Å². The standard InChI is InChI=1S/C9H8F3NO3S/c1-4(14)7-6(8(15)16)13-5(17-7)2-3-9(10,11)12/h2-3H2,1H3,(H,15,16). The van der Waals surface area contributed by atoms with Crippen LogP contribution in [0, 0.1) is 0 Å². The first-order chi connectivity index (χ1) is 7.70. The van der Waals surface area contributed by atoms with Crippen molar-refractivity contribution in [3.8, 4) is 0 Å². The van der Waals surface area contributed by atoms with Crippen LogP contribution in [0.25, 0.3) is 0 Å². The zero-order valence-corrected chi connectivity index (χ0v) is 9.48. The zero-order chi connectivity index (χ0) is 13.2. The van der Waals surface area contributed by atoms with E-state index in [2.05, 4.69) is 4.98 Å². The summed E-state index contributed by atoms with van der Waals surface area (Å²) in [5, 5.41) is 8.73. The first kappa shape index (κ1) is 13.6. The number of aryl methyl sites for hydroxylation is 1. The lowest BCUT2D eigenvalue weighted by Crippen LogP contribution is -2.08. The highest BCUT2D eigenvalue weighted by Crippen LogP contribution is 2.26. The van der Waals surface area contributed by atoms with E-state index in [4.69, 9.17) is 5.11 Å². The van der Waals surface area contributed by atoms with Crippen LogP contribution in [-0.2, 0) is 6.42 Å². The van der Waals surface area contributed by atoms with Crippen molar-refractivity contribution < 1.29 is 27.9 Å². The molecule has 1 rings (SSSR count). The minimum atomic E-state index is -4.33. The molecule has 4 nitrogen and oxygen atoms in total. The summed E-state index contributed by atoms with van der Waals surface area (Å²) >= 11 is 0.695. The van der Waals surface area contributed by atoms with Gasteiger partial charge < -0.3 is 5.11 Å². The fraction of sp³-hybridized carbons (Fsp3) is 0.444. The first-order valence-corrected chi connectivity index (χ1v) is 5.33. The first-order valence-electron chi connectivity index (χ1n) is 4.51. The fourth-order valence-corrected chi connectivity index (χ4v) is 2.05. The summed E-state index contributed by atoms with van der Waals surface area (Å²) in [4.78, 5) is 25.2. The summed E-state index contributed by atoms with van der Waals surface area (Å²) in [7, 11) is 0. The number of aromatic nitrogens is 1. The minimum absolute atomic E-state index is 0.00456. The second kappa shape index (κ2) is 4.82. The quantitative estimate of drug-likeness (QED) is 0.851. The number of hydrogen-bond donors (Lipinski definition) is 1. The van der Waals surface area contributed by atoms with Crippen molar-refractivity contribution in [2.75, 3.05) is 0 Å². The summed E-state index contributed by atoms with van der Waals surface area (Å²) < 4.78 is 35.9. The zero-order valence-electron chi connectivity index (χ0n) is 8.67. The Hall–Kier alpha value is -1.44. The van der Waals surface area contributed by atoms with Gasteiger partial charge in [-0.05, 0) is 0 Å². The molecule has 0 saturated carbocycles. The lowest BCUT2D eigenvalue weighted by molar-refractivity contribution is -0.134. The normalized spacial score (nSPS) is 11.5. The topological polar surface area (TPSA) is 67.3 Å². The summed E-state index contributed by atoms with van der Waals surface area (Å²) in [6.07, 6.45) is -5.83. The van der Waals surface area contributed by atoms with Gasteiger partial charge in [-0.25, -0.2) is 9.78 Å². The molecule has 0 radical (unpaired) electrons. The van der Waals surface area contributed by atoms with Crippen molar-refractivity contribution in [3.63, 3.8) is 0 Å². The Balaban J connectivity index is 2.93. The van der Waals surface area contributed by atoms with E-state index >= 15 is 0 Å². The van der Waals surface area contributed by atoms with Gasteiger partial charge in [0.2, 0.25) is 0 Å². The number of thiazole rings is 1. The summed E-state index contributed by atoms with van der Waals surface area (Å²) in [6.45, 7) is 1.15. The van der Waals surface area contributed by atoms with Crippen LogP contribution in [0.2, 0.25) is 0 Å². The van der Waals surface area contributed by atoms with E-state index in [0.717, 1.165) is 6.92 Å². The third-order valence-corrected chi connectivity index (χ3v) is 3.03. The molecule has 0 saturated heterocycles. The number of ketones is 1. The Labute approximate surface area is 98.1 Å². The van der Waals surface area contributed by atoms with Crippen LogP contribution >= 0.6 is 11.3 Å². The van der Waals surface area contributed by atoms with Crippen LogP contribution in [0.15, 0.2) is 0 Å². The largest absolute Gasteiger partial charge is 0.476 e. The van der Waals surface area contributed by atoms with E-state index in [9.17, 15) is 22.8 Å². The molecule has 0 amide bonds. The molecule has 1 aromatic rings. The number of aromatic carboxylic acids is 1. The molecule has 0 aliphatic rings. The Morgan fingerprint density at radius 1 is 1.41 bits per heavy atom. The van der Waals surface area contributed by atoms with Crippen molar-refractivity contribution in [1.29, 1.82) is 0 Å². The second-order valence-corrected chi connectivity index (χ2v) is 4.35. The summed E-state index contributed by atoms with van der Waals surface area (Å²) in [6, 6.07) is 0. The molecule has 1 heterocycles. The number of carboxylic acids is 1. The van der Waals surface area contributed by atoms with Crippen LogP contribution in [0.5, 0.6) is 0 Å². The number of alkyl halides is 3. The van der Waals surface area contributed by atoms with Gasteiger partial charge in [0, 0.05) is 19.8 Å². The number of carbonyl (C=O) groups excluding carboxylic acids is 1. The Kier molecular flexibility index (Phi) is 3.87. The Morgan fingerprint density at radius 3 is 2.35 bits per heavy atom. The molecule has 0 aliphatic heterocycles. The van der Waals surface area contributed by atoms with Gasteiger partial charge in [-0.15, -0.1) is 11.3 Å². The molecule has 0 aromatic carbocycles. The van der Waals surface area contributed by atoms with E-state index < -0.39 is 36.5 Å². The molecule has 17 heavy (non-hydrogen) atoms. The highest BCUT2D eigenvalue weighted by Gasteiger charge is 2.28. The lowest BCUT2D eigenvalue weighted by Gasteiger charge is -2.02. The molecular weight excluding hydrogens is 259 g/mol. The number of Topliss-reactive ketones (excluding diaryl/α,β-unsaturated/α-hetero) is 1. The molecule has 1 N–H and O–H groups in total. The van der Waals surface area contributed by atoms with Crippen molar-refractivity contribution in [1.82, 2.24) is 4.98 Å². The van der Waals surface area contributed by atoms with Gasteiger partial charge >= 0.3 is 12.1 Å². The van der Waals surface area contributed by atoms with Crippen LogP contribution in [0.3, 0.4) is 0 Å². The maximum atomic E-state index is 12.0. The van der Waals surface area contributed by atoms with Crippen LogP contribution in [-0.4, -0.2) is 28.0 Å². The van der Waals surface area contributed by atoms with Crippen LogP contribution in [0.1, 0.15) is 38.5 Å². The predicted molar refractivity (Wildman–Crippen MR) is 53.5 cm³/mol. The van der Waals surface area contributed by atoms with Gasteiger partial charge in [-0.2, -0.15) is 13.2 Å². The van der Waals surface area contributed by atoms with Crippen LogP contribution < -0.4 is 0 Å². The molecular formula is C9H8F3NO3S. The smallest absolute Gasteiger partial charge is 0.389 e. The number of rotatable bonds is 4. The SMILES string of the molecule is CC(=O)c1sc(CCC(F)(F)F)nc1C(=O)O. The molecule has 94 valence electrons. The van der Waals surface area contributed by atoms with Crippen molar-refractivity contribution in [3.05, 3.63) is 15.6 Å². The van der Waals surface area contributed by atoms with Crippen molar-refractivity contribution in [2.24, 2.45) is 0 Å². The number of halogens is 3. The van der Waals surface area contributed by atoms with E-state index in [1.54, 1.807) is 0 Å². The molecule has 1 aromatic heterocycles. The van der Waals surface area contributed by atoms with Gasteiger partial charge in [0.25, 0.3) is 0 Å². The molecule has 0 spiro atoms. The number of carboxylic acid groups (broad SMARTS) is 1. The Morgan fingerprint density at radius 2 is 2.00 bits per heavy atom. The van der Waals surface area contributed by atoms with Crippen LogP contribution in [0.4, 0.5) is 13.2 Å². The maximum Gasteiger partial charge on any atom is 0.389 e. The molecule has 0 bridgehead atoms. The average Bonchev–Trinajstić information content (AvgIpc) is 2.57. The van der Waals surface area contributed by atoms with E-state index in [0.29, 0.717) is 11.3 Å². The molecule has 0 unspecified atom stereocenters. The fourth-order valence-electron chi connectivity index (χ4n) is 1.10. The Bertz CT molecular complexity index is 421. The third kappa shape index (κ3) is 3.81. The highest BCUT2D eigenvalue weighted by molar-refractivity contribution is 7.14. The molecule has 8 heteroatoms. The number of carbonyl (C=O) groups is 2. The van der Waals surface area contributed by atoms with Gasteiger partial charge in [0.1, 0.15) is 4.88 Å². The van der Waals surface area contributed by atoms with E-state index in [1.165, 1.54) is 0 Å². The van der Waals surface area contributed by atoms with Gasteiger partial charge in [0.05, 0.1) is 5.01 Å². The molecule has 0 atom stereocenters. The second-order valence-electron chi connectivity index (χ2n) is 3.26. The highest BCUT2D eigenvalue weighted by atomic mass is 32.1. The third-order valence-electron chi connectivity index (χ3n) is 1.82. The number of hydrogen-bond acceptors (Lipinski definition) is 4. The van der Waals surface area contributed by atoms with E-state index in [-0.39, 0.29) is 9.88 Å². The van der Waals surface area contributed by atoms with Crippen molar-refractivity contribution in [2.45, 2.75) is 25.9 Å². The number of nitrogens with zero attached hydrogens (tertiary/aromatic N) is 1.